The summed E-state index contributed by atoms with van der Waals surface area (Å²) in [5.74, 6) is -0.129. The molecule has 0 saturated carbocycles. The molecular weight excluding hydrogens is 516 g/mol. The molecule has 2 aromatic carbocycles. The number of carbonyl (C=O) groups is 2. The molecule has 0 spiro atoms. The molecule has 3 rings (SSSR count). The fourth-order valence-electron chi connectivity index (χ4n) is 3.60. The average molecular weight is 546 g/mol. The first-order chi connectivity index (χ1) is 16.2. The standard InChI is InChI=1S/C25H29BrN4O3S/c1-5-30-16(4)21(23(31)33-14-15(2)3)22(29-25(30)34)17-10-12-18(13-11-17)27-24(32)28-20-9-7-6-8-19(20)26/h6-13,15,22H,5,14H2,1-4H3,(H,29,34)(H2,27,28,32). The van der Waals surface area contributed by atoms with Gasteiger partial charge in [-0.2, -0.15) is 0 Å². The van der Waals surface area contributed by atoms with E-state index in [0.717, 1.165) is 15.7 Å². The topological polar surface area (TPSA) is 82.7 Å². The van der Waals surface area contributed by atoms with Crippen molar-refractivity contribution in [1.82, 2.24) is 10.2 Å². The van der Waals surface area contributed by atoms with Gasteiger partial charge in [0.25, 0.3) is 0 Å². The lowest BCUT2D eigenvalue weighted by molar-refractivity contribution is -0.140. The van der Waals surface area contributed by atoms with E-state index in [0.29, 0.717) is 35.2 Å². The zero-order chi connectivity index (χ0) is 24.8. The number of halogens is 1. The van der Waals surface area contributed by atoms with Crippen molar-refractivity contribution in [3.8, 4) is 0 Å². The third kappa shape index (κ3) is 6.15. The first kappa shape index (κ1) is 25.7. The van der Waals surface area contributed by atoms with E-state index in [1.54, 1.807) is 18.2 Å². The van der Waals surface area contributed by atoms with Crippen LogP contribution in [0.15, 0.2) is 64.3 Å². The number of anilines is 2. The number of para-hydroxylation sites is 1. The Bertz CT molecular complexity index is 1100. The predicted molar refractivity (Wildman–Crippen MR) is 143 cm³/mol. The fraction of sp³-hybridized carbons (Fsp3) is 0.320. The number of rotatable bonds is 7. The van der Waals surface area contributed by atoms with Gasteiger partial charge in [0.1, 0.15) is 0 Å². The number of urea groups is 1. The van der Waals surface area contributed by atoms with Crippen molar-refractivity contribution in [1.29, 1.82) is 0 Å². The zero-order valence-corrected chi connectivity index (χ0v) is 22.0. The van der Waals surface area contributed by atoms with E-state index in [1.807, 2.05) is 62.9 Å². The summed E-state index contributed by atoms with van der Waals surface area (Å²) in [6.07, 6.45) is 0. The van der Waals surface area contributed by atoms with Crippen LogP contribution < -0.4 is 16.0 Å². The van der Waals surface area contributed by atoms with Crippen molar-refractivity contribution in [2.45, 2.75) is 33.7 Å². The summed E-state index contributed by atoms with van der Waals surface area (Å²) in [6.45, 7) is 8.84. The molecule has 0 aromatic heterocycles. The minimum absolute atomic E-state index is 0.233. The molecule has 1 unspecified atom stereocenters. The number of hydrogen-bond donors (Lipinski definition) is 3. The number of ether oxygens (including phenoxy) is 1. The molecule has 0 aliphatic carbocycles. The monoisotopic (exact) mass is 544 g/mol. The highest BCUT2D eigenvalue weighted by Gasteiger charge is 2.34. The van der Waals surface area contributed by atoms with E-state index < -0.39 is 6.04 Å². The highest BCUT2D eigenvalue weighted by molar-refractivity contribution is 9.10. The van der Waals surface area contributed by atoms with Crippen LogP contribution in [-0.2, 0) is 9.53 Å². The third-order valence-corrected chi connectivity index (χ3v) is 6.33. The Labute approximate surface area is 214 Å². The number of allylic oxidation sites excluding steroid dienone is 1. The fourth-order valence-corrected chi connectivity index (χ4v) is 4.37. The number of hydrogen-bond acceptors (Lipinski definition) is 4. The van der Waals surface area contributed by atoms with E-state index in [-0.39, 0.29) is 17.9 Å². The van der Waals surface area contributed by atoms with Gasteiger partial charge in [-0.3, -0.25) is 0 Å². The minimum Gasteiger partial charge on any atom is -0.462 e. The van der Waals surface area contributed by atoms with Crippen molar-refractivity contribution in [2.75, 3.05) is 23.8 Å². The van der Waals surface area contributed by atoms with Crippen molar-refractivity contribution in [3.05, 3.63) is 69.8 Å². The first-order valence-corrected chi connectivity index (χ1v) is 12.3. The maximum absolute atomic E-state index is 13.0. The number of nitrogens with one attached hydrogen (secondary N) is 3. The summed E-state index contributed by atoms with van der Waals surface area (Å²) in [7, 11) is 0. The Hall–Kier alpha value is -2.91. The molecule has 1 aliphatic heterocycles. The Morgan fingerprint density at radius 3 is 2.44 bits per heavy atom. The number of amides is 2. The maximum Gasteiger partial charge on any atom is 0.338 e. The average Bonchev–Trinajstić information content (AvgIpc) is 2.79. The molecule has 3 N–H and O–H groups in total. The summed E-state index contributed by atoms with van der Waals surface area (Å²) in [4.78, 5) is 27.3. The van der Waals surface area contributed by atoms with Crippen molar-refractivity contribution in [2.24, 2.45) is 5.92 Å². The molecule has 2 amide bonds. The second kappa shape index (κ2) is 11.5. The largest absolute Gasteiger partial charge is 0.462 e. The molecule has 1 aliphatic rings. The Morgan fingerprint density at radius 2 is 1.82 bits per heavy atom. The lowest BCUT2D eigenvalue weighted by atomic mass is 9.95. The van der Waals surface area contributed by atoms with Gasteiger partial charge in [0, 0.05) is 22.4 Å². The molecule has 34 heavy (non-hydrogen) atoms. The van der Waals surface area contributed by atoms with Crippen LogP contribution in [0.2, 0.25) is 0 Å². The second-order valence-corrected chi connectivity index (χ2v) is 9.54. The smallest absolute Gasteiger partial charge is 0.338 e. The molecular formula is C25H29BrN4O3S. The Kier molecular flexibility index (Phi) is 8.68. The number of nitrogens with zero attached hydrogens (tertiary/aromatic N) is 1. The second-order valence-electron chi connectivity index (χ2n) is 8.30. The predicted octanol–water partition coefficient (Wildman–Crippen LogP) is 5.82. The zero-order valence-electron chi connectivity index (χ0n) is 19.6. The van der Waals surface area contributed by atoms with Crippen LogP contribution in [-0.4, -0.2) is 35.2 Å². The van der Waals surface area contributed by atoms with E-state index in [9.17, 15) is 9.59 Å². The van der Waals surface area contributed by atoms with E-state index >= 15 is 0 Å². The normalized spacial score (nSPS) is 15.8. The number of thiocarbonyl (C=S) groups is 1. The van der Waals surface area contributed by atoms with E-state index in [2.05, 4.69) is 31.9 Å². The van der Waals surface area contributed by atoms with Gasteiger partial charge < -0.3 is 25.6 Å². The summed E-state index contributed by atoms with van der Waals surface area (Å²) in [6, 6.07) is 13.9. The summed E-state index contributed by atoms with van der Waals surface area (Å²) >= 11 is 8.95. The highest BCUT2D eigenvalue weighted by Crippen LogP contribution is 2.32. The van der Waals surface area contributed by atoms with Crippen molar-refractivity contribution in [3.63, 3.8) is 0 Å². The molecule has 1 heterocycles. The van der Waals surface area contributed by atoms with Crippen LogP contribution in [0.4, 0.5) is 16.2 Å². The van der Waals surface area contributed by atoms with Gasteiger partial charge in [-0.1, -0.05) is 38.1 Å². The van der Waals surface area contributed by atoms with Crippen LogP contribution in [0.3, 0.4) is 0 Å². The molecule has 1 atom stereocenters. The Balaban J connectivity index is 1.79. The van der Waals surface area contributed by atoms with E-state index in [1.165, 1.54) is 0 Å². The number of esters is 1. The molecule has 7 nitrogen and oxygen atoms in total. The summed E-state index contributed by atoms with van der Waals surface area (Å²) in [5.41, 5.74) is 3.43. The highest BCUT2D eigenvalue weighted by atomic mass is 79.9. The molecule has 9 heteroatoms. The first-order valence-electron chi connectivity index (χ1n) is 11.1. The van der Waals surface area contributed by atoms with Gasteiger partial charge in [0.15, 0.2) is 5.11 Å². The molecule has 0 bridgehead atoms. The van der Waals surface area contributed by atoms with Gasteiger partial charge in [0.2, 0.25) is 0 Å². The maximum atomic E-state index is 13.0. The molecule has 0 radical (unpaired) electrons. The molecule has 2 aromatic rings. The van der Waals surface area contributed by atoms with Crippen LogP contribution in [0.5, 0.6) is 0 Å². The molecule has 0 saturated heterocycles. The van der Waals surface area contributed by atoms with Crippen LogP contribution in [0.1, 0.15) is 39.3 Å². The SMILES string of the molecule is CCN1C(=S)NC(c2ccc(NC(=O)Nc3ccccc3Br)cc2)C(C(=O)OCC(C)C)=C1C. The lowest BCUT2D eigenvalue weighted by Gasteiger charge is -2.37. The quantitative estimate of drug-likeness (QED) is 0.301. The van der Waals surface area contributed by atoms with Crippen LogP contribution >= 0.6 is 28.1 Å². The lowest BCUT2D eigenvalue weighted by Crippen LogP contribution is -2.47. The minimum atomic E-state index is -0.446. The van der Waals surface area contributed by atoms with Gasteiger partial charge in [-0.15, -0.1) is 0 Å². The summed E-state index contributed by atoms with van der Waals surface area (Å²) in [5, 5.41) is 9.45. The van der Waals surface area contributed by atoms with Crippen molar-refractivity contribution >= 4 is 56.6 Å². The Morgan fingerprint density at radius 1 is 1.15 bits per heavy atom. The van der Waals surface area contributed by atoms with Crippen LogP contribution in [0.25, 0.3) is 0 Å². The number of carbonyl (C=O) groups excluding carboxylic acids is 2. The summed E-state index contributed by atoms with van der Waals surface area (Å²) < 4.78 is 6.35. The van der Waals surface area contributed by atoms with Crippen LogP contribution in [0, 0.1) is 5.92 Å². The van der Waals surface area contributed by atoms with Gasteiger partial charge in [-0.05, 0) is 77.7 Å². The molecule has 180 valence electrons. The molecule has 0 fully saturated rings. The van der Waals surface area contributed by atoms with Gasteiger partial charge >= 0.3 is 12.0 Å². The third-order valence-electron chi connectivity index (χ3n) is 5.30. The van der Waals surface area contributed by atoms with Crippen molar-refractivity contribution < 1.29 is 14.3 Å². The van der Waals surface area contributed by atoms with Gasteiger partial charge in [0.05, 0.1) is 23.9 Å². The van der Waals surface area contributed by atoms with E-state index in [4.69, 9.17) is 17.0 Å². The number of benzene rings is 2. The van der Waals surface area contributed by atoms with Gasteiger partial charge in [-0.25, -0.2) is 9.59 Å².